The van der Waals surface area contributed by atoms with Gasteiger partial charge in [0.25, 0.3) is 0 Å². The smallest absolute Gasteiger partial charge is 0.00822 e. The Balaban J connectivity index is 1.75. The van der Waals surface area contributed by atoms with Gasteiger partial charge in [-0.3, -0.25) is 0 Å². The highest BCUT2D eigenvalue weighted by Gasteiger charge is 2.12. The Morgan fingerprint density at radius 2 is 1.39 bits per heavy atom. The van der Waals surface area contributed by atoms with Crippen LogP contribution in [0.15, 0.2) is 171 Å². The third-order valence-corrected chi connectivity index (χ3v) is 8.03. The minimum atomic E-state index is 0.754. The van der Waals surface area contributed by atoms with Crippen molar-refractivity contribution >= 4 is 34.9 Å². The molecule has 0 unspecified atom stereocenters. The van der Waals surface area contributed by atoms with Gasteiger partial charge in [-0.2, -0.15) is 0 Å². The molecule has 0 N–H and O–H groups in total. The summed E-state index contributed by atoms with van der Waals surface area (Å²) in [6.45, 7) is 27.8. The third kappa shape index (κ3) is 7.60. The molecular weight excluding hydrogens is 528 g/mol. The molecule has 3 aromatic rings. The molecule has 0 heterocycles. The van der Waals surface area contributed by atoms with Crippen molar-refractivity contribution in [1.82, 2.24) is 0 Å². The lowest BCUT2D eigenvalue weighted by Gasteiger charge is -2.15. The molecule has 0 spiro atoms. The van der Waals surface area contributed by atoms with E-state index >= 15 is 0 Å². The van der Waals surface area contributed by atoms with Gasteiger partial charge < -0.3 is 0 Å². The molecule has 0 nitrogen and oxygen atoms in total. The quantitative estimate of drug-likeness (QED) is 0.214. The number of rotatable bonds is 10. The molecule has 0 amide bonds. The first-order valence-corrected chi connectivity index (χ1v) is 15.0. The van der Waals surface area contributed by atoms with Crippen LogP contribution in [0.3, 0.4) is 0 Å². The first-order chi connectivity index (χ1) is 21.3. The van der Waals surface area contributed by atoms with Gasteiger partial charge in [-0.15, -0.1) is 0 Å². The maximum absolute atomic E-state index is 4.58. The predicted molar refractivity (Wildman–Crippen MR) is 196 cm³/mol. The highest BCUT2D eigenvalue weighted by molar-refractivity contribution is 5.99. The van der Waals surface area contributed by atoms with Gasteiger partial charge in [0.15, 0.2) is 0 Å². The molecule has 1 aliphatic carbocycles. The van der Waals surface area contributed by atoms with Crippen LogP contribution in [0, 0.1) is 0 Å². The van der Waals surface area contributed by atoms with E-state index in [0.29, 0.717) is 0 Å². The van der Waals surface area contributed by atoms with Gasteiger partial charge in [0, 0.05) is 0 Å². The van der Waals surface area contributed by atoms with Gasteiger partial charge in [0.05, 0.1) is 0 Å². The Bertz CT molecular complexity index is 1980. The van der Waals surface area contributed by atoms with E-state index in [1.807, 2.05) is 36.4 Å². The van der Waals surface area contributed by atoms with Gasteiger partial charge in [-0.25, -0.2) is 0 Å². The fraction of sp³-hybridized carbons (Fsp3) is 0.0909. The third-order valence-electron chi connectivity index (χ3n) is 8.03. The van der Waals surface area contributed by atoms with Crippen LogP contribution in [0.25, 0.3) is 34.9 Å². The van der Waals surface area contributed by atoms with Crippen LogP contribution in [0.1, 0.15) is 37.3 Å². The normalized spacial score (nSPS) is 18.1. The topological polar surface area (TPSA) is 0 Å². The monoisotopic (exact) mass is 570 g/mol. The lowest BCUT2D eigenvalue weighted by atomic mass is 9.89. The fourth-order valence-corrected chi connectivity index (χ4v) is 5.50. The lowest BCUT2D eigenvalue weighted by molar-refractivity contribution is 1.29. The molecule has 0 atom stereocenters. The summed E-state index contributed by atoms with van der Waals surface area (Å²) in [6.07, 6.45) is 21.1. The van der Waals surface area contributed by atoms with E-state index in [-0.39, 0.29) is 0 Å². The van der Waals surface area contributed by atoms with Crippen molar-refractivity contribution in [3.05, 3.63) is 203 Å². The Morgan fingerprint density at radius 1 is 0.773 bits per heavy atom. The van der Waals surface area contributed by atoms with E-state index in [9.17, 15) is 0 Å². The zero-order valence-electron chi connectivity index (χ0n) is 26.0. The van der Waals surface area contributed by atoms with E-state index in [1.54, 1.807) is 0 Å². The van der Waals surface area contributed by atoms with Crippen molar-refractivity contribution in [3.8, 4) is 0 Å². The predicted octanol–water partition coefficient (Wildman–Crippen LogP) is 8.70. The van der Waals surface area contributed by atoms with Crippen molar-refractivity contribution in [2.75, 3.05) is 0 Å². The second kappa shape index (κ2) is 15.3. The van der Waals surface area contributed by atoms with E-state index in [2.05, 4.69) is 137 Å². The van der Waals surface area contributed by atoms with Crippen LogP contribution in [-0.2, 0) is 0 Å². The van der Waals surface area contributed by atoms with Gasteiger partial charge in [0.1, 0.15) is 0 Å². The van der Waals surface area contributed by atoms with Crippen molar-refractivity contribution in [3.63, 3.8) is 0 Å². The molecule has 0 saturated carbocycles. The highest BCUT2D eigenvalue weighted by Crippen LogP contribution is 2.28. The minimum absolute atomic E-state index is 0.754. The molecule has 0 radical (unpaired) electrons. The number of benzene rings is 3. The van der Waals surface area contributed by atoms with Gasteiger partial charge in [-0.1, -0.05) is 167 Å². The Labute approximate surface area is 263 Å². The first-order valence-electron chi connectivity index (χ1n) is 15.0. The zero-order chi connectivity index (χ0) is 31.5. The van der Waals surface area contributed by atoms with E-state index < -0.39 is 0 Å². The van der Waals surface area contributed by atoms with Crippen LogP contribution in [0.4, 0.5) is 0 Å². The van der Waals surface area contributed by atoms with Crippen LogP contribution in [-0.4, -0.2) is 0 Å². The zero-order valence-corrected chi connectivity index (χ0v) is 26.0. The maximum Gasteiger partial charge on any atom is -0.00822 e. The molecule has 0 saturated heterocycles. The SMILES string of the molecule is C=C/C(C/C=C\C(=C)/C(C)=C\C(=C)/C1=c2\cccc\c2=C(/C(=C)c2ccccc2C=C)C/C=C\C=C/C1)=c1/ccccc1=C. The largest absolute Gasteiger partial charge is 0.0988 e. The van der Waals surface area contributed by atoms with Crippen molar-refractivity contribution in [2.24, 2.45) is 0 Å². The molecule has 4 rings (SSSR count). The second-order valence-electron chi connectivity index (χ2n) is 10.9. The Hall–Kier alpha value is -5.20. The number of hydrogen-bond acceptors (Lipinski definition) is 0. The summed E-state index contributed by atoms with van der Waals surface area (Å²) in [5.74, 6) is 0. The average Bonchev–Trinajstić information content (AvgIpc) is 3.04. The number of allylic oxidation sites excluding steroid dienone is 12. The van der Waals surface area contributed by atoms with Gasteiger partial charge >= 0.3 is 0 Å². The van der Waals surface area contributed by atoms with Gasteiger partial charge in [-0.05, 0) is 97.2 Å². The molecule has 3 aromatic carbocycles. The molecule has 44 heavy (non-hydrogen) atoms. The Kier molecular flexibility index (Phi) is 11.0. The molecule has 1 aliphatic rings. The summed E-state index contributed by atoms with van der Waals surface area (Å²) in [5, 5.41) is 4.48. The molecule has 0 fully saturated rings. The summed E-state index contributed by atoms with van der Waals surface area (Å²) in [6, 6.07) is 25.1. The van der Waals surface area contributed by atoms with Crippen LogP contribution < -0.4 is 20.9 Å². The molecule has 0 aliphatic heterocycles. The first kappa shape index (κ1) is 31.7. The summed E-state index contributed by atoms with van der Waals surface area (Å²) < 4.78 is 0. The van der Waals surface area contributed by atoms with E-state index in [4.69, 9.17) is 0 Å². The molecule has 0 heteroatoms. The average molecular weight is 571 g/mol. The molecular formula is C44H42. The van der Waals surface area contributed by atoms with Crippen LogP contribution in [0.2, 0.25) is 0 Å². The second-order valence-corrected chi connectivity index (χ2v) is 10.9. The number of fused-ring (bicyclic) bond motifs is 1. The Morgan fingerprint density at radius 3 is 2.07 bits per heavy atom. The summed E-state index contributed by atoms with van der Waals surface area (Å²) in [7, 11) is 0. The summed E-state index contributed by atoms with van der Waals surface area (Å²) in [4.78, 5) is 0. The van der Waals surface area contributed by atoms with E-state index in [1.165, 1.54) is 21.6 Å². The summed E-state index contributed by atoms with van der Waals surface area (Å²) >= 11 is 0. The maximum atomic E-state index is 4.58. The minimum Gasteiger partial charge on any atom is -0.0988 e. The van der Waals surface area contributed by atoms with Crippen molar-refractivity contribution < 1.29 is 0 Å². The van der Waals surface area contributed by atoms with Crippen molar-refractivity contribution in [2.45, 2.75) is 26.2 Å². The molecule has 0 aromatic heterocycles. The van der Waals surface area contributed by atoms with E-state index in [0.717, 1.165) is 68.7 Å². The summed E-state index contributed by atoms with van der Waals surface area (Å²) in [5.41, 5.74) is 9.70. The van der Waals surface area contributed by atoms with Crippen LogP contribution in [0.5, 0.6) is 0 Å². The molecule has 0 bridgehead atoms. The van der Waals surface area contributed by atoms with Gasteiger partial charge in [0.2, 0.25) is 0 Å². The highest BCUT2D eigenvalue weighted by atomic mass is 14.2. The fourth-order valence-electron chi connectivity index (χ4n) is 5.50. The standard InChI is InChI=1S/C44H42/c1-8-37(39-25-16-14-21-33(39)4)24-20-22-32(3)34(5)31-35(6)40-26-12-10-11-13-28-42(44-30-19-18-29-43(40)44)36(7)41-27-17-15-23-38(41)9-2/h8-23,25,27,29-31H,1-4,6-7,24,26,28H2,5H3/b12-10-,13-11-,22-20-,34-31-,39-37+,43-40+,44-42+. The lowest BCUT2D eigenvalue weighted by Crippen LogP contribution is -2.30. The molecule has 218 valence electrons. The van der Waals surface area contributed by atoms with Crippen LogP contribution >= 0.6 is 0 Å². The number of hydrogen-bond donors (Lipinski definition) is 0. The van der Waals surface area contributed by atoms with Crippen molar-refractivity contribution in [1.29, 1.82) is 0 Å².